The van der Waals surface area contributed by atoms with E-state index in [1.807, 2.05) is 0 Å². The largest absolute Gasteiger partial charge is 0.301 e. The van der Waals surface area contributed by atoms with Crippen molar-refractivity contribution < 1.29 is 8.42 Å². The third-order valence-electron chi connectivity index (χ3n) is 3.39. The van der Waals surface area contributed by atoms with E-state index in [0.717, 1.165) is 19.6 Å². The second-order valence-corrected chi connectivity index (χ2v) is 7.21. The number of hydrogen-bond donors (Lipinski definition) is 0. The molecule has 0 unspecified atom stereocenters. The van der Waals surface area contributed by atoms with Gasteiger partial charge in [0.2, 0.25) is 0 Å². The number of aromatic nitrogens is 2. The minimum Gasteiger partial charge on any atom is -0.301 e. The molecular weight excluding hydrogens is 274 g/mol. The first-order chi connectivity index (χ1) is 8.39. The summed E-state index contributed by atoms with van der Waals surface area (Å²) in [6, 6.07) is 0. The summed E-state index contributed by atoms with van der Waals surface area (Å²) in [5.41, 5.74) is 1.10. The first-order valence-corrected chi connectivity index (χ1v) is 8.41. The van der Waals surface area contributed by atoms with E-state index in [-0.39, 0.29) is 4.90 Å². The quantitative estimate of drug-likeness (QED) is 0.790. The molecule has 0 atom stereocenters. The van der Waals surface area contributed by atoms with Gasteiger partial charge in [-0.2, -0.15) is 5.10 Å². The van der Waals surface area contributed by atoms with Crippen LogP contribution in [0.4, 0.5) is 0 Å². The van der Waals surface area contributed by atoms with Crippen LogP contribution in [0.5, 0.6) is 0 Å². The molecule has 0 radical (unpaired) electrons. The minimum absolute atomic E-state index is 0.158. The number of hydrogen-bond acceptors (Lipinski definition) is 4. The predicted molar refractivity (Wildman–Crippen MR) is 70.4 cm³/mol. The summed E-state index contributed by atoms with van der Waals surface area (Å²) in [6.45, 7) is 7.29. The van der Waals surface area contributed by atoms with E-state index < -0.39 is 9.05 Å². The molecule has 2 heterocycles. The van der Waals surface area contributed by atoms with Gasteiger partial charge >= 0.3 is 0 Å². The standard InChI is InChI=1S/C11H18ClN3O2S/c1-9-11(18(12,16)17)10(2)15(13-9)8-7-14-5-3-4-6-14/h3-8H2,1-2H3. The van der Waals surface area contributed by atoms with Crippen LogP contribution in [-0.2, 0) is 15.6 Å². The van der Waals surface area contributed by atoms with Gasteiger partial charge in [0.05, 0.1) is 17.9 Å². The van der Waals surface area contributed by atoms with Crippen LogP contribution in [0.15, 0.2) is 4.90 Å². The molecule has 7 heteroatoms. The van der Waals surface area contributed by atoms with Crippen molar-refractivity contribution in [1.29, 1.82) is 0 Å². The highest BCUT2D eigenvalue weighted by atomic mass is 35.7. The Bertz CT molecular complexity index is 533. The topological polar surface area (TPSA) is 55.2 Å². The molecule has 1 aliphatic rings. The Balaban J connectivity index is 2.14. The zero-order chi connectivity index (χ0) is 13.3. The molecule has 1 aliphatic heterocycles. The van der Waals surface area contributed by atoms with Crippen molar-refractivity contribution in [1.82, 2.24) is 14.7 Å². The second-order valence-electron chi connectivity index (χ2n) is 4.71. The molecule has 1 saturated heterocycles. The molecule has 0 bridgehead atoms. The van der Waals surface area contributed by atoms with E-state index in [0.29, 0.717) is 17.9 Å². The maximum absolute atomic E-state index is 11.5. The van der Waals surface area contributed by atoms with Gasteiger partial charge in [0.1, 0.15) is 4.90 Å². The van der Waals surface area contributed by atoms with E-state index in [2.05, 4.69) is 10.00 Å². The van der Waals surface area contributed by atoms with Crippen molar-refractivity contribution in [2.45, 2.75) is 38.1 Å². The zero-order valence-corrected chi connectivity index (χ0v) is 12.3. The Morgan fingerprint density at radius 2 is 1.83 bits per heavy atom. The molecule has 1 fully saturated rings. The molecule has 2 rings (SSSR count). The zero-order valence-electron chi connectivity index (χ0n) is 10.7. The van der Waals surface area contributed by atoms with Crippen molar-refractivity contribution in [3.05, 3.63) is 11.4 Å². The van der Waals surface area contributed by atoms with Crippen LogP contribution in [0.2, 0.25) is 0 Å². The third kappa shape index (κ3) is 2.87. The average molecular weight is 292 g/mol. The summed E-state index contributed by atoms with van der Waals surface area (Å²) < 4.78 is 24.6. The van der Waals surface area contributed by atoms with E-state index in [9.17, 15) is 8.42 Å². The van der Waals surface area contributed by atoms with E-state index in [1.165, 1.54) is 12.8 Å². The monoisotopic (exact) mass is 291 g/mol. The van der Waals surface area contributed by atoms with Crippen LogP contribution < -0.4 is 0 Å². The number of rotatable bonds is 4. The third-order valence-corrected chi connectivity index (χ3v) is 4.93. The molecule has 0 N–H and O–H groups in total. The summed E-state index contributed by atoms with van der Waals surface area (Å²) in [5, 5.41) is 4.26. The molecule has 0 aromatic carbocycles. The van der Waals surface area contributed by atoms with Crippen LogP contribution >= 0.6 is 10.7 Å². The minimum atomic E-state index is -3.71. The fraction of sp³-hybridized carbons (Fsp3) is 0.727. The Hall–Kier alpha value is -0.590. The first-order valence-electron chi connectivity index (χ1n) is 6.10. The normalized spacial score (nSPS) is 17.5. The van der Waals surface area contributed by atoms with Gasteiger partial charge in [-0.3, -0.25) is 4.68 Å². The Labute approximate surface area is 112 Å². The van der Waals surface area contributed by atoms with Crippen LogP contribution in [0.25, 0.3) is 0 Å². The maximum Gasteiger partial charge on any atom is 0.264 e. The summed E-state index contributed by atoms with van der Waals surface area (Å²) in [6.07, 6.45) is 2.50. The fourth-order valence-electron chi connectivity index (χ4n) is 2.49. The predicted octanol–water partition coefficient (Wildman–Crippen LogP) is 1.52. The van der Waals surface area contributed by atoms with Gasteiger partial charge in [-0.1, -0.05) is 0 Å². The molecule has 0 spiro atoms. The van der Waals surface area contributed by atoms with Crippen LogP contribution in [0.3, 0.4) is 0 Å². The smallest absolute Gasteiger partial charge is 0.264 e. The van der Waals surface area contributed by atoms with Crippen LogP contribution in [-0.4, -0.2) is 42.7 Å². The van der Waals surface area contributed by atoms with Gasteiger partial charge in [0.25, 0.3) is 9.05 Å². The van der Waals surface area contributed by atoms with Crippen molar-refractivity contribution in [3.8, 4) is 0 Å². The molecule has 102 valence electrons. The lowest BCUT2D eigenvalue weighted by molar-refractivity contribution is 0.314. The lowest BCUT2D eigenvalue weighted by atomic mass is 10.4. The van der Waals surface area contributed by atoms with E-state index >= 15 is 0 Å². The second kappa shape index (κ2) is 5.19. The average Bonchev–Trinajstić information content (AvgIpc) is 2.82. The molecule has 0 saturated carbocycles. The van der Waals surface area contributed by atoms with Gasteiger partial charge in [-0.25, -0.2) is 8.42 Å². The van der Waals surface area contributed by atoms with Gasteiger partial charge in [0.15, 0.2) is 0 Å². The summed E-state index contributed by atoms with van der Waals surface area (Å²) >= 11 is 0. The fourth-order valence-corrected chi connectivity index (χ4v) is 4.02. The number of halogens is 1. The highest BCUT2D eigenvalue weighted by Crippen LogP contribution is 2.23. The maximum atomic E-state index is 11.5. The van der Waals surface area contributed by atoms with E-state index in [1.54, 1.807) is 18.5 Å². The number of likely N-dealkylation sites (tertiary alicyclic amines) is 1. The lowest BCUT2D eigenvalue weighted by Gasteiger charge is -2.14. The molecular formula is C11H18ClN3O2S. The molecule has 0 aliphatic carbocycles. The lowest BCUT2D eigenvalue weighted by Crippen LogP contribution is -2.24. The number of nitrogens with zero attached hydrogens (tertiary/aromatic N) is 3. The van der Waals surface area contributed by atoms with Crippen LogP contribution in [0, 0.1) is 13.8 Å². The summed E-state index contributed by atoms with van der Waals surface area (Å²) in [7, 11) is 1.71. The SMILES string of the molecule is Cc1nn(CCN2CCCC2)c(C)c1S(=O)(=O)Cl. The highest BCUT2D eigenvalue weighted by molar-refractivity contribution is 8.13. The van der Waals surface area contributed by atoms with Crippen molar-refractivity contribution in [2.75, 3.05) is 19.6 Å². The molecule has 1 aromatic rings. The van der Waals surface area contributed by atoms with Gasteiger partial charge in [-0.15, -0.1) is 0 Å². The van der Waals surface area contributed by atoms with Crippen molar-refractivity contribution in [2.24, 2.45) is 0 Å². The Morgan fingerprint density at radius 3 is 2.33 bits per heavy atom. The van der Waals surface area contributed by atoms with Gasteiger partial charge < -0.3 is 4.90 Å². The first kappa shape index (κ1) is 13.8. The Kier molecular flexibility index (Phi) is 3.99. The number of aryl methyl sites for hydroxylation is 1. The molecule has 5 nitrogen and oxygen atoms in total. The van der Waals surface area contributed by atoms with E-state index in [4.69, 9.17) is 10.7 Å². The van der Waals surface area contributed by atoms with Gasteiger partial charge in [-0.05, 0) is 39.8 Å². The van der Waals surface area contributed by atoms with Gasteiger partial charge in [0, 0.05) is 17.2 Å². The van der Waals surface area contributed by atoms with Crippen molar-refractivity contribution >= 4 is 19.7 Å². The summed E-state index contributed by atoms with van der Waals surface area (Å²) in [5.74, 6) is 0. The molecule has 0 amide bonds. The Morgan fingerprint density at radius 1 is 1.22 bits per heavy atom. The van der Waals surface area contributed by atoms with Crippen LogP contribution in [0.1, 0.15) is 24.2 Å². The molecule has 1 aromatic heterocycles. The highest BCUT2D eigenvalue weighted by Gasteiger charge is 2.22. The molecule has 18 heavy (non-hydrogen) atoms. The van der Waals surface area contributed by atoms with Crippen molar-refractivity contribution in [3.63, 3.8) is 0 Å². The summed E-state index contributed by atoms with van der Waals surface area (Å²) in [4.78, 5) is 2.52.